The molecule has 0 saturated carbocycles. The van der Waals surface area contributed by atoms with Gasteiger partial charge < -0.3 is 5.11 Å². The first-order valence-electron chi connectivity index (χ1n) is 3.96. The van der Waals surface area contributed by atoms with E-state index in [4.69, 9.17) is 10.6 Å². The van der Waals surface area contributed by atoms with Crippen molar-refractivity contribution in [3.05, 3.63) is 39.3 Å². The Morgan fingerprint density at radius 1 is 1.50 bits per heavy atom. The fraction of sp³-hybridized carbons (Fsp3) is 0.222. The molecule has 0 amide bonds. The lowest BCUT2D eigenvalue weighted by Crippen LogP contribution is -1.98. The molecule has 1 aromatic rings. The molecule has 0 bridgehead atoms. The molecule has 1 aromatic carbocycles. The minimum atomic E-state index is -1.08. The van der Waals surface area contributed by atoms with Crippen LogP contribution in [0.1, 0.15) is 21.5 Å². The zero-order chi connectivity index (χ0) is 10.7. The van der Waals surface area contributed by atoms with Gasteiger partial charge in [0, 0.05) is 4.91 Å². The summed E-state index contributed by atoms with van der Waals surface area (Å²) in [4.78, 5) is 13.4. The molecule has 0 unspecified atom stereocenters. The molecule has 0 aromatic heterocycles. The van der Waals surface area contributed by atoms with Crippen LogP contribution in [0, 0.1) is 13.8 Å². The summed E-state index contributed by atoms with van der Waals surface area (Å²) in [5.74, 6) is -1.08. The summed E-state index contributed by atoms with van der Waals surface area (Å²) in [5.41, 5.74) is 10.0. The Morgan fingerprint density at radius 2 is 2.14 bits per heavy atom. The molecule has 0 fully saturated rings. The van der Waals surface area contributed by atoms with E-state index in [0.717, 1.165) is 5.56 Å². The SMILES string of the molecule is Cc1cc(C)c(N=[N+]=[N-])c(C(=O)O)c1. The van der Waals surface area contributed by atoms with E-state index in [1.165, 1.54) is 6.07 Å². The highest BCUT2D eigenvalue weighted by Crippen LogP contribution is 2.25. The van der Waals surface area contributed by atoms with Crippen LogP contribution in [0.3, 0.4) is 0 Å². The second-order valence-corrected chi connectivity index (χ2v) is 2.97. The van der Waals surface area contributed by atoms with Gasteiger partial charge in [-0.25, -0.2) is 4.79 Å². The van der Waals surface area contributed by atoms with E-state index < -0.39 is 5.97 Å². The molecule has 0 aliphatic rings. The molecular formula is C9H9N3O2. The summed E-state index contributed by atoms with van der Waals surface area (Å²) < 4.78 is 0. The number of aryl methyl sites for hydroxylation is 2. The molecule has 0 aliphatic carbocycles. The van der Waals surface area contributed by atoms with Gasteiger partial charge in [0.25, 0.3) is 0 Å². The third-order valence-corrected chi connectivity index (χ3v) is 1.82. The van der Waals surface area contributed by atoms with E-state index in [0.29, 0.717) is 5.56 Å². The van der Waals surface area contributed by atoms with Crippen LogP contribution in [-0.2, 0) is 0 Å². The predicted molar refractivity (Wildman–Crippen MR) is 51.7 cm³/mol. The third kappa shape index (κ3) is 1.84. The molecule has 14 heavy (non-hydrogen) atoms. The van der Waals surface area contributed by atoms with Gasteiger partial charge in [0.2, 0.25) is 0 Å². The lowest BCUT2D eigenvalue weighted by atomic mass is 10.0. The van der Waals surface area contributed by atoms with E-state index in [1.54, 1.807) is 19.9 Å². The Labute approximate surface area is 80.6 Å². The van der Waals surface area contributed by atoms with Gasteiger partial charge in [-0.1, -0.05) is 11.2 Å². The highest BCUT2D eigenvalue weighted by atomic mass is 16.4. The number of carboxylic acid groups (broad SMARTS) is 1. The first-order valence-corrected chi connectivity index (χ1v) is 3.96. The maximum Gasteiger partial charge on any atom is 0.336 e. The number of carbonyl (C=O) groups is 1. The Morgan fingerprint density at radius 3 is 2.64 bits per heavy atom. The average Bonchev–Trinajstić information content (AvgIpc) is 2.09. The van der Waals surface area contributed by atoms with Gasteiger partial charge in [-0.05, 0) is 36.6 Å². The molecule has 0 radical (unpaired) electrons. The van der Waals surface area contributed by atoms with Crippen molar-refractivity contribution in [3.8, 4) is 0 Å². The molecule has 0 atom stereocenters. The zero-order valence-corrected chi connectivity index (χ0v) is 7.85. The van der Waals surface area contributed by atoms with Crippen LogP contribution in [0.5, 0.6) is 0 Å². The normalized spacial score (nSPS) is 9.29. The van der Waals surface area contributed by atoms with Crippen molar-refractivity contribution in [1.82, 2.24) is 0 Å². The maximum atomic E-state index is 10.8. The van der Waals surface area contributed by atoms with Crippen molar-refractivity contribution in [2.24, 2.45) is 5.11 Å². The third-order valence-electron chi connectivity index (χ3n) is 1.82. The number of carboxylic acids is 1. The summed E-state index contributed by atoms with van der Waals surface area (Å²) in [6.45, 7) is 3.50. The second-order valence-electron chi connectivity index (χ2n) is 2.97. The van der Waals surface area contributed by atoms with Crippen LogP contribution in [0.25, 0.3) is 10.4 Å². The van der Waals surface area contributed by atoms with Crippen molar-refractivity contribution in [3.63, 3.8) is 0 Å². The monoisotopic (exact) mass is 191 g/mol. The largest absolute Gasteiger partial charge is 0.478 e. The first kappa shape index (κ1) is 10.1. The highest BCUT2D eigenvalue weighted by molar-refractivity contribution is 5.94. The molecular weight excluding hydrogens is 182 g/mol. The first-order chi connectivity index (χ1) is 6.56. The van der Waals surface area contributed by atoms with Crippen molar-refractivity contribution >= 4 is 11.7 Å². The minimum Gasteiger partial charge on any atom is -0.478 e. The van der Waals surface area contributed by atoms with Crippen molar-refractivity contribution in [2.75, 3.05) is 0 Å². The molecule has 0 saturated heterocycles. The van der Waals surface area contributed by atoms with Crippen LogP contribution in [0.15, 0.2) is 17.2 Å². The quantitative estimate of drug-likeness (QED) is 0.442. The Hall–Kier alpha value is -2.00. The summed E-state index contributed by atoms with van der Waals surface area (Å²) >= 11 is 0. The number of azide groups is 1. The standard InChI is InChI=1S/C9H9N3O2/c1-5-3-6(2)8(11-12-10)7(4-5)9(13)14/h3-4H,1-2H3,(H,13,14). The average molecular weight is 191 g/mol. The number of benzene rings is 1. The van der Waals surface area contributed by atoms with Crippen LogP contribution >= 0.6 is 0 Å². The molecule has 72 valence electrons. The highest BCUT2D eigenvalue weighted by Gasteiger charge is 2.11. The fourth-order valence-corrected chi connectivity index (χ4v) is 1.30. The minimum absolute atomic E-state index is 0.0419. The molecule has 0 aliphatic heterocycles. The number of rotatable bonds is 2. The molecule has 5 nitrogen and oxygen atoms in total. The van der Waals surface area contributed by atoms with Crippen LogP contribution in [0.4, 0.5) is 5.69 Å². The Balaban J connectivity index is 3.51. The summed E-state index contributed by atoms with van der Waals surface area (Å²) in [5, 5.41) is 12.2. The van der Waals surface area contributed by atoms with Gasteiger partial charge in [0.1, 0.15) is 0 Å². The topological polar surface area (TPSA) is 86.1 Å². The van der Waals surface area contributed by atoms with Crippen LogP contribution < -0.4 is 0 Å². The van der Waals surface area contributed by atoms with E-state index in [2.05, 4.69) is 10.0 Å². The van der Waals surface area contributed by atoms with Gasteiger partial charge in [0.15, 0.2) is 0 Å². The van der Waals surface area contributed by atoms with Gasteiger partial charge in [0.05, 0.1) is 11.3 Å². The summed E-state index contributed by atoms with van der Waals surface area (Å²) in [6.07, 6.45) is 0. The van der Waals surface area contributed by atoms with Crippen molar-refractivity contribution < 1.29 is 9.90 Å². The number of hydrogen-bond donors (Lipinski definition) is 1. The molecule has 0 heterocycles. The van der Waals surface area contributed by atoms with E-state index >= 15 is 0 Å². The van der Waals surface area contributed by atoms with Crippen LogP contribution in [-0.4, -0.2) is 11.1 Å². The van der Waals surface area contributed by atoms with Crippen molar-refractivity contribution in [2.45, 2.75) is 13.8 Å². The van der Waals surface area contributed by atoms with Gasteiger partial charge in [-0.3, -0.25) is 0 Å². The number of aromatic carboxylic acids is 1. The number of nitrogens with zero attached hydrogens (tertiary/aromatic N) is 3. The second kappa shape index (κ2) is 3.81. The maximum absolute atomic E-state index is 10.8. The molecule has 0 spiro atoms. The zero-order valence-electron chi connectivity index (χ0n) is 7.85. The summed E-state index contributed by atoms with van der Waals surface area (Å²) in [6, 6.07) is 3.26. The predicted octanol–water partition coefficient (Wildman–Crippen LogP) is 2.94. The lowest BCUT2D eigenvalue weighted by molar-refractivity contribution is 0.0697. The van der Waals surface area contributed by atoms with Crippen LogP contribution in [0.2, 0.25) is 0 Å². The van der Waals surface area contributed by atoms with Gasteiger partial charge in [-0.2, -0.15) is 0 Å². The van der Waals surface area contributed by atoms with Crippen molar-refractivity contribution in [1.29, 1.82) is 0 Å². The Kier molecular flexibility index (Phi) is 2.74. The van der Waals surface area contributed by atoms with E-state index in [1.807, 2.05) is 0 Å². The summed E-state index contributed by atoms with van der Waals surface area (Å²) in [7, 11) is 0. The number of hydrogen-bond acceptors (Lipinski definition) is 2. The lowest BCUT2D eigenvalue weighted by Gasteiger charge is -2.05. The Bertz CT molecular complexity index is 434. The van der Waals surface area contributed by atoms with E-state index in [-0.39, 0.29) is 11.3 Å². The van der Waals surface area contributed by atoms with Gasteiger partial charge >= 0.3 is 5.97 Å². The fourth-order valence-electron chi connectivity index (χ4n) is 1.30. The van der Waals surface area contributed by atoms with E-state index in [9.17, 15) is 4.79 Å². The molecule has 5 heteroatoms. The molecule has 1 rings (SSSR count). The smallest absolute Gasteiger partial charge is 0.336 e. The molecule has 1 N–H and O–H groups in total. The van der Waals surface area contributed by atoms with Gasteiger partial charge in [-0.15, -0.1) is 0 Å².